The van der Waals surface area contributed by atoms with Crippen LogP contribution in [0.25, 0.3) is 0 Å². The van der Waals surface area contributed by atoms with Gasteiger partial charge in [-0.1, -0.05) is 0 Å². The molecule has 0 atom stereocenters. The SMILES string of the molecule is CC(C)N(SN(C)C(=O)F)P(O)(O)=S. The molecule has 0 bridgehead atoms. The second kappa shape index (κ2) is 5.39. The maximum atomic E-state index is 12.2. The second-order valence-corrected chi connectivity index (χ2v) is 7.04. The average molecular weight is 262 g/mol. The summed E-state index contributed by atoms with van der Waals surface area (Å²) in [6, 6.07) is -0.317. The number of nitrogens with zero attached hydrogens (tertiary/aromatic N) is 2. The van der Waals surface area contributed by atoms with Crippen molar-refractivity contribution in [3.8, 4) is 0 Å². The standard InChI is InChI=1S/C5H12FN2O3PS2/c1-4(2)8(12(10,11)13)14-7(3)5(6)9/h4H,1-3H3,(H2,10,11,13). The lowest BCUT2D eigenvalue weighted by Gasteiger charge is -2.29. The summed E-state index contributed by atoms with van der Waals surface area (Å²) in [7, 11) is 1.17. The van der Waals surface area contributed by atoms with E-state index in [9.17, 15) is 19.0 Å². The van der Waals surface area contributed by atoms with Crippen LogP contribution < -0.4 is 0 Å². The topological polar surface area (TPSA) is 64.0 Å². The quantitative estimate of drug-likeness (QED) is 0.346. The number of carbonyl (C=O) groups is 1. The summed E-state index contributed by atoms with van der Waals surface area (Å²) < 4.78 is 13.8. The summed E-state index contributed by atoms with van der Waals surface area (Å²) >= 11 is 5.01. The van der Waals surface area contributed by atoms with Crippen molar-refractivity contribution in [3.63, 3.8) is 0 Å². The average Bonchev–Trinajstić information content (AvgIpc) is 1.96. The molecule has 0 rings (SSSR count). The van der Waals surface area contributed by atoms with E-state index in [0.717, 1.165) is 4.08 Å². The number of rotatable bonds is 4. The summed E-state index contributed by atoms with van der Waals surface area (Å²) in [6.07, 6.45) is -1.68. The van der Waals surface area contributed by atoms with Gasteiger partial charge in [-0.15, -0.1) is 4.39 Å². The smallest absolute Gasteiger partial charge is 0.333 e. The van der Waals surface area contributed by atoms with E-state index in [-0.39, 0.29) is 6.04 Å². The van der Waals surface area contributed by atoms with Crippen LogP contribution in [0.3, 0.4) is 0 Å². The van der Waals surface area contributed by atoms with Crippen LogP contribution in [0.4, 0.5) is 9.18 Å². The molecule has 0 aromatic carbocycles. The van der Waals surface area contributed by atoms with E-state index < -0.39 is 12.8 Å². The minimum Gasteiger partial charge on any atom is -0.333 e. The van der Waals surface area contributed by atoms with Crippen LogP contribution in [0.5, 0.6) is 0 Å². The molecule has 84 valence electrons. The fourth-order valence-electron chi connectivity index (χ4n) is 0.600. The molecule has 0 saturated heterocycles. The Morgan fingerprint density at radius 2 is 2.00 bits per heavy atom. The monoisotopic (exact) mass is 262 g/mol. The molecule has 9 heteroatoms. The Morgan fingerprint density at radius 3 is 2.21 bits per heavy atom. The maximum absolute atomic E-state index is 12.2. The predicted octanol–water partition coefficient (Wildman–Crippen LogP) is 1.49. The molecular formula is C5H12FN2O3PS2. The van der Waals surface area contributed by atoms with Gasteiger partial charge in [-0.05, 0) is 25.7 Å². The Morgan fingerprint density at radius 1 is 1.57 bits per heavy atom. The number of hydrogen-bond donors (Lipinski definition) is 2. The highest BCUT2D eigenvalue weighted by atomic mass is 32.5. The van der Waals surface area contributed by atoms with Gasteiger partial charge in [0.2, 0.25) is 0 Å². The number of carbonyl (C=O) groups excluding carboxylic acids is 1. The summed E-state index contributed by atoms with van der Waals surface area (Å²) in [5, 5.41) is 0. The number of hydrogen-bond acceptors (Lipinski definition) is 3. The first-order valence-corrected chi connectivity index (χ1v) is 7.02. The van der Waals surface area contributed by atoms with Gasteiger partial charge >= 0.3 is 6.16 Å². The van der Waals surface area contributed by atoms with E-state index in [2.05, 4.69) is 11.8 Å². The van der Waals surface area contributed by atoms with Gasteiger partial charge in [0.15, 0.2) is 0 Å². The molecule has 0 aliphatic carbocycles. The molecule has 0 aromatic rings. The Labute approximate surface area is 91.4 Å². The molecule has 0 radical (unpaired) electrons. The van der Waals surface area contributed by atoms with Gasteiger partial charge in [0, 0.05) is 13.1 Å². The number of halogens is 1. The van der Waals surface area contributed by atoms with Gasteiger partial charge in [-0.25, -0.2) is 9.10 Å². The molecular weight excluding hydrogens is 250 g/mol. The third kappa shape index (κ3) is 4.68. The molecule has 0 aromatic heterocycles. The first-order chi connectivity index (χ1) is 6.16. The van der Waals surface area contributed by atoms with E-state index in [4.69, 9.17) is 0 Å². The fraction of sp³-hybridized carbons (Fsp3) is 0.800. The highest BCUT2D eigenvalue weighted by Crippen LogP contribution is 2.48. The van der Waals surface area contributed by atoms with Crippen molar-refractivity contribution in [2.75, 3.05) is 7.05 Å². The molecule has 0 aliphatic heterocycles. The van der Waals surface area contributed by atoms with Gasteiger partial charge in [-0.2, -0.15) is 4.08 Å². The molecule has 0 saturated carbocycles. The van der Waals surface area contributed by atoms with Crippen molar-refractivity contribution in [2.24, 2.45) is 0 Å². The van der Waals surface area contributed by atoms with Crippen molar-refractivity contribution >= 4 is 36.7 Å². The molecule has 0 heterocycles. The minimum atomic E-state index is -3.66. The van der Waals surface area contributed by atoms with Crippen LogP contribution in [0.1, 0.15) is 13.8 Å². The zero-order valence-corrected chi connectivity index (χ0v) is 10.4. The zero-order valence-electron chi connectivity index (χ0n) is 7.92. The third-order valence-corrected chi connectivity index (χ3v) is 4.85. The van der Waals surface area contributed by atoms with E-state index in [1.165, 1.54) is 7.05 Å². The highest BCUT2D eigenvalue weighted by Gasteiger charge is 2.27. The third-order valence-electron chi connectivity index (χ3n) is 1.15. The maximum Gasteiger partial charge on any atom is 0.410 e. The van der Waals surface area contributed by atoms with Gasteiger partial charge in [0.1, 0.15) is 0 Å². The van der Waals surface area contributed by atoms with Crippen molar-refractivity contribution in [1.82, 2.24) is 8.38 Å². The lowest BCUT2D eigenvalue weighted by molar-refractivity contribution is 0.209. The lowest BCUT2D eigenvalue weighted by atomic mass is 10.4. The summed E-state index contributed by atoms with van der Waals surface area (Å²) in [4.78, 5) is 28.7. The van der Waals surface area contributed by atoms with E-state index >= 15 is 0 Å². The predicted molar refractivity (Wildman–Crippen MR) is 57.6 cm³/mol. The molecule has 14 heavy (non-hydrogen) atoms. The summed E-state index contributed by atoms with van der Waals surface area (Å²) in [5.41, 5.74) is 0. The Hall–Kier alpha value is 0.280. The highest BCUT2D eigenvalue weighted by molar-refractivity contribution is 8.14. The van der Waals surface area contributed by atoms with Crippen LogP contribution in [-0.2, 0) is 11.8 Å². The molecule has 2 N–H and O–H groups in total. The van der Waals surface area contributed by atoms with Crippen molar-refractivity contribution in [1.29, 1.82) is 0 Å². The Bertz CT molecular complexity index is 259. The molecule has 1 amide bonds. The molecule has 5 nitrogen and oxygen atoms in total. The normalized spacial score (nSPS) is 12.3. The first-order valence-electron chi connectivity index (χ1n) is 3.62. The zero-order chi connectivity index (χ0) is 11.5. The van der Waals surface area contributed by atoms with Crippen molar-refractivity contribution in [2.45, 2.75) is 19.9 Å². The van der Waals surface area contributed by atoms with Crippen LogP contribution in [-0.4, -0.2) is 37.4 Å². The first kappa shape index (κ1) is 14.3. The minimum absolute atomic E-state index is 0.317. The van der Waals surface area contributed by atoms with E-state index in [1.54, 1.807) is 13.8 Å². The summed E-state index contributed by atoms with van der Waals surface area (Å²) in [6.45, 7) is -0.357. The largest absolute Gasteiger partial charge is 0.410 e. The van der Waals surface area contributed by atoms with E-state index in [1.807, 2.05) is 0 Å². The molecule has 0 unspecified atom stereocenters. The molecule has 0 spiro atoms. The van der Waals surface area contributed by atoms with Gasteiger partial charge in [-0.3, -0.25) is 0 Å². The van der Waals surface area contributed by atoms with E-state index in [0.29, 0.717) is 16.4 Å². The van der Waals surface area contributed by atoms with Crippen LogP contribution in [0.15, 0.2) is 0 Å². The van der Waals surface area contributed by atoms with Crippen LogP contribution >= 0.6 is 18.8 Å². The number of amides is 1. The second-order valence-electron chi connectivity index (χ2n) is 2.74. The Kier molecular flexibility index (Phi) is 5.50. The van der Waals surface area contributed by atoms with Gasteiger partial charge < -0.3 is 9.79 Å². The van der Waals surface area contributed by atoms with Crippen molar-refractivity contribution < 1.29 is 19.0 Å². The van der Waals surface area contributed by atoms with Crippen molar-refractivity contribution in [3.05, 3.63) is 0 Å². The molecule has 0 aliphatic rings. The van der Waals surface area contributed by atoms with Crippen LogP contribution in [0.2, 0.25) is 0 Å². The lowest BCUT2D eigenvalue weighted by Crippen LogP contribution is -2.27. The van der Waals surface area contributed by atoms with Crippen LogP contribution in [0, 0.1) is 0 Å². The Balaban J connectivity index is 4.56. The van der Waals surface area contributed by atoms with Gasteiger partial charge in [0.05, 0.1) is 12.1 Å². The fourth-order valence-corrected chi connectivity index (χ4v) is 3.25. The van der Waals surface area contributed by atoms with Gasteiger partial charge in [0.25, 0.3) is 6.64 Å². The molecule has 0 fully saturated rings. The summed E-state index contributed by atoms with van der Waals surface area (Å²) in [5.74, 6) is 0.